The molecule has 6 heteroatoms. The number of nitrogens with zero attached hydrogens (tertiary/aromatic N) is 2. The van der Waals surface area contributed by atoms with Crippen molar-refractivity contribution in [1.82, 2.24) is 4.57 Å². The van der Waals surface area contributed by atoms with Crippen molar-refractivity contribution < 1.29 is 18.8 Å². The molecule has 3 aromatic rings. The second-order valence-corrected chi connectivity index (χ2v) is 10.6. The molecule has 1 heterocycles. The first-order chi connectivity index (χ1) is 15.8. The Balaban J connectivity index is 1.56. The normalized spacial score (nSPS) is 20.8. The molecular weight excluding hydrogens is 480 g/mol. The van der Waals surface area contributed by atoms with Crippen molar-refractivity contribution in [3.05, 3.63) is 58.8 Å². The molecule has 0 N–H and O–H groups in total. The molecule has 3 atom stereocenters. The molecule has 1 aliphatic rings. The Morgan fingerprint density at radius 1 is 1.15 bits per heavy atom. The van der Waals surface area contributed by atoms with Crippen LogP contribution in [0.1, 0.15) is 45.9 Å². The van der Waals surface area contributed by atoms with Crippen molar-refractivity contribution in [2.75, 3.05) is 0 Å². The van der Waals surface area contributed by atoms with Gasteiger partial charge in [0.1, 0.15) is 11.9 Å². The quantitative estimate of drug-likeness (QED) is 0.295. The molecule has 0 unspecified atom stereocenters. The number of aromatic nitrogens is 2. The van der Waals surface area contributed by atoms with Gasteiger partial charge in [-0.15, -0.1) is 0 Å². The molecule has 1 saturated carbocycles. The number of fused-ring (bicyclic) bond motifs is 1. The number of carbonyl (C=O) groups is 1. The number of hydrogen-bond acceptors (Lipinski definition) is 3. The zero-order valence-electron chi connectivity index (χ0n) is 20.0. The molecule has 5 nitrogen and oxygen atoms in total. The van der Waals surface area contributed by atoms with E-state index in [4.69, 9.17) is 9.47 Å². The molecule has 33 heavy (non-hydrogen) atoms. The van der Waals surface area contributed by atoms with Crippen molar-refractivity contribution in [2.45, 2.75) is 59.3 Å². The molecule has 0 aliphatic heterocycles. The number of esters is 1. The molecule has 4 rings (SSSR count). The van der Waals surface area contributed by atoms with Crippen LogP contribution in [-0.4, -0.2) is 16.6 Å². The topological polar surface area (TPSA) is 44.3 Å². The highest BCUT2D eigenvalue weighted by molar-refractivity contribution is 9.10. The largest absolute Gasteiger partial charge is 0.481 e. The van der Waals surface area contributed by atoms with E-state index in [0.29, 0.717) is 24.4 Å². The summed E-state index contributed by atoms with van der Waals surface area (Å²) >= 11 is 3.46. The minimum atomic E-state index is -0.175. The van der Waals surface area contributed by atoms with E-state index in [9.17, 15) is 4.79 Å². The van der Waals surface area contributed by atoms with Crippen molar-refractivity contribution in [2.24, 2.45) is 24.8 Å². The maximum absolute atomic E-state index is 13.2. The zero-order chi connectivity index (χ0) is 23.5. The Hall–Kier alpha value is -2.34. The van der Waals surface area contributed by atoms with Crippen LogP contribution in [-0.2, 0) is 29.7 Å². The lowest BCUT2D eigenvalue weighted by Crippen LogP contribution is -2.37. The third kappa shape index (κ3) is 5.43. The molecule has 0 saturated heterocycles. The van der Waals surface area contributed by atoms with E-state index in [1.807, 2.05) is 54.1 Å². The highest BCUT2D eigenvalue weighted by atomic mass is 79.9. The molecule has 0 amide bonds. The van der Waals surface area contributed by atoms with E-state index in [1.54, 1.807) is 0 Å². The predicted molar refractivity (Wildman–Crippen MR) is 133 cm³/mol. The van der Waals surface area contributed by atoms with Gasteiger partial charge in [-0.25, -0.2) is 13.9 Å². The first-order valence-corrected chi connectivity index (χ1v) is 12.7. The van der Waals surface area contributed by atoms with Gasteiger partial charge >= 0.3 is 5.97 Å². The van der Waals surface area contributed by atoms with Gasteiger partial charge in [-0.05, 0) is 67.0 Å². The Kier molecular flexibility index (Phi) is 7.42. The molecule has 0 radical (unpaired) electrons. The van der Waals surface area contributed by atoms with Crippen LogP contribution in [0.15, 0.2) is 53.0 Å². The Morgan fingerprint density at radius 3 is 2.61 bits per heavy atom. The second-order valence-electron chi connectivity index (χ2n) is 9.65. The van der Waals surface area contributed by atoms with Gasteiger partial charge in [-0.2, -0.15) is 0 Å². The van der Waals surface area contributed by atoms with Gasteiger partial charge in [-0.3, -0.25) is 0 Å². The van der Waals surface area contributed by atoms with E-state index in [2.05, 4.69) is 47.3 Å². The first kappa shape index (κ1) is 23.8. The molecule has 176 valence electrons. The molecular formula is C27H34BrN2O3+. The molecule has 2 aromatic carbocycles. The van der Waals surface area contributed by atoms with Crippen molar-refractivity contribution in [1.29, 1.82) is 0 Å². The van der Waals surface area contributed by atoms with Gasteiger partial charge in [0.25, 0.3) is 5.82 Å². The number of hydrogen-bond donors (Lipinski definition) is 0. The number of rotatable bonds is 7. The average Bonchev–Trinajstić information content (AvgIpc) is 3.04. The summed E-state index contributed by atoms with van der Waals surface area (Å²) in [6, 6.07) is 15.9. The van der Waals surface area contributed by atoms with Crippen LogP contribution in [0, 0.1) is 17.8 Å². The summed E-state index contributed by atoms with van der Waals surface area (Å²) in [6.45, 7) is 7.26. The number of aryl methyl sites for hydroxylation is 1. The van der Waals surface area contributed by atoms with E-state index in [1.165, 1.54) is 6.42 Å². The molecule has 1 aliphatic carbocycles. The van der Waals surface area contributed by atoms with Gasteiger partial charge in [0.2, 0.25) is 0 Å². The van der Waals surface area contributed by atoms with E-state index in [0.717, 1.165) is 39.9 Å². The van der Waals surface area contributed by atoms with E-state index >= 15 is 0 Å². The highest BCUT2D eigenvalue weighted by Crippen LogP contribution is 2.35. The van der Waals surface area contributed by atoms with Gasteiger partial charge in [-0.1, -0.05) is 55.3 Å². The highest BCUT2D eigenvalue weighted by Gasteiger charge is 2.34. The number of carbonyl (C=O) groups excluding carboxylic acids is 1. The summed E-state index contributed by atoms with van der Waals surface area (Å²) in [5, 5.41) is 0. The van der Waals surface area contributed by atoms with Crippen LogP contribution < -0.4 is 9.30 Å². The van der Waals surface area contributed by atoms with E-state index < -0.39 is 0 Å². The van der Waals surface area contributed by atoms with Crippen LogP contribution in [0.25, 0.3) is 11.0 Å². The standard InChI is InChI=1S/C27H34BrN2O3/c1-18(2)22-14-9-19(3)15-25(22)33-27(31)16-30-24-8-6-5-7-23(24)29(4)26(30)17-32-21-12-10-20(28)11-13-21/h5-8,10-13,18-19,22,25H,9,14-17H2,1-4H3/q+1/t19-,22-,25-/m1/s1. The third-order valence-electron chi connectivity index (χ3n) is 6.95. The number of ether oxygens (including phenoxy) is 2. The van der Waals surface area contributed by atoms with Crippen LogP contribution in [0.4, 0.5) is 0 Å². The number of imidazole rings is 1. The summed E-state index contributed by atoms with van der Waals surface area (Å²) < 4.78 is 17.3. The monoisotopic (exact) mass is 513 g/mol. The molecule has 0 bridgehead atoms. The molecule has 1 fully saturated rings. The fourth-order valence-electron chi connectivity index (χ4n) is 5.05. The van der Waals surface area contributed by atoms with Crippen molar-refractivity contribution >= 4 is 32.9 Å². The van der Waals surface area contributed by atoms with Crippen molar-refractivity contribution in [3.8, 4) is 5.75 Å². The molecule has 1 aromatic heterocycles. The number of para-hydroxylation sites is 2. The Labute approximate surface area is 204 Å². The van der Waals surface area contributed by atoms with E-state index in [-0.39, 0.29) is 18.6 Å². The minimum Gasteiger partial charge on any atom is -0.481 e. The smallest absolute Gasteiger partial charge is 0.348 e. The fraction of sp³-hybridized carbons (Fsp3) is 0.481. The summed E-state index contributed by atoms with van der Waals surface area (Å²) in [7, 11) is 2.02. The Bertz CT molecular complexity index is 1110. The summed E-state index contributed by atoms with van der Waals surface area (Å²) in [5.41, 5.74) is 2.06. The molecule has 0 spiro atoms. The fourth-order valence-corrected chi connectivity index (χ4v) is 5.31. The Morgan fingerprint density at radius 2 is 1.88 bits per heavy atom. The van der Waals surface area contributed by atoms with Crippen LogP contribution in [0.3, 0.4) is 0 Å². The van der Waals surface area contributed by atoms with Crippen molar-refractivity contribution in [3.63, 3.8) is 0 Å². The second kappa shape index (κ2) is 10.3. The zero-order valence-corrected chi connectivity index (χ0v) is 21.5. The summed E-state index contributed by atoms with van der Waals surface area (Å²) in [4.78, 5) is 13.2. The first-order valence-electron chi connectivity index (χ1n) is 11.9. The predicted octanol–water partition coefficient (Wildman–Crippen LogP) is 5.81. The van der Waals surface area contributed by atoms with Gasteiger partial charge in [0.15, 0.2) is 24.2 Å². The third-order valence-corrected chi connectivity index (χ3v) is 7.47. The van der Waals surface area contributed by atoms with Gasteiger partial charge < -0.3 is 9.47 Å². The lowest BCUT2D eigenvalue weighted by atomic mass is 9.75. The maximum Gasteiger partial charge on any atom is 0.348 e. The van der Waals surface area contributed by atoms with Crippen LogP contribution >= 0.6 is 15.9 Å². The van der Waals surface area contributed by atoms with Gasteiger partial charge in [0, 0.05) is 4.47 Å². The number of halogens is 1. The lowest BCUT2D eigenvalue weighted by molar-refractivity contribution is -0.655. The average molecular weight is 514 g/mol. The summed E-state index contributed by atoms with van der Waals surface area (Å²) in [5.74, 6) is 3.07. The minimum absolute atomic E-state index is 0.000656. The van der Waals surface area contributed by atoms with Crippen LogP contribution in [0.5, 0.6) is 5.75 Å². The van der Waals surface area contributed by atoms with Gasteiger partial charge in [0.05, 0.1) is 7.05 Å². The summed E-state index contributed by atoms with van der Waals surface area (Å²) in [6.07, 6.45) is 3.30. The SMILES string of the molecule is CC(C)[C@H]1CC[C@@H](C)C[C@H]1OC(=O)Cn1c(COc2ccc(Br)cc2)[n+](C)c2ccccc21. The maximum atomic E-state index is 13.2. The number of benzene rings is 2. The lowest BCUT2D eigenvalue weighted by Gasteiger charge is -2.36. The van der Waals surface area contributed by atoms with Crippen LogP contribution in [0.2, 0.25) is 0 Å².